The third-order valence-electron chi connectivity index (χ3n) is 2.96. The second-order valence-corrected chi connectivity index (χ2v) is 4.69. The van der Waals surface area contributed by atoms with Crippen molar-refractivity contribution in [2.24, 2.45) is 0 Å². The molecule has 0 aliphatic carbocycles. The molecule has 0 saturated heterocycles. The number of amides is 1. The first-order valence-electron chi connectivity index (χ1n) is 6.99. The van der Waals surface area contributed by atoms with Crippen LogP contribution in [0.2, 0.25) is 0 Å². The van der Waals surface area contributed by atoms with E-state index in [4.69, 9.17) is 4.74 Å². The summed E-state index contributed by atoms with van der Waals surface area (Å²) in [6, 6.07) is 12.7. The lowest BCUT2D eigenvalue weighted by Gasteiger charge is -2.09. The first kappa shape index (κ1) is 15.0. The molecule has 0 radical (unpaired) electrons. The maximum atomic E-state index is 12.8. The molecule has 0 fully saturated rings. The third kappa shape index (κ3) is 4.60. The van der Waals surface area contributed by atoms with Crippen LogP contribution in [0.25, 0.3) is 0 Å². The number of hydrogen-bond donors (Lipinski definition) is 1. The largest absolute Gasteiger partial charge is 0.494 e. The summed E-state index contributed by atoms with van der Waals surface area (Å²) in [5, 5.41) is 2.77. The van der Waals surface area contributed by atoms with Gasteiger partial charge in [0.05, 0.1) is 6.61 Å². The highest BCUT2D eigenvalue weighted by atomic mass is 19.1. The van der Waals surface area contributed by atoms with E-state index in [0.29, 0.717) is 17.9 Å². The molecule has 0 spiro atoms. The van der Waals surface area contributed by atoms with Crippen LogP contribution in [-0.2, 0) is 0 Å². The maximum Gasteiger partial charge on any atom is 0.255 e. The molecule has 1 amide bonds. The summed E-state index contributed by atoms with van der Waals surface area (Å²) in [6.07, 6.45) is 2.06. The normalized spacial score (nSPS) is 10.2. The van der Waals surface area contributed by atoms with Crippen LogP contribution in [0.1, 0.15) is 30.1 Å². The topological polar surface area (TPSA) is 38.3 Å². The summed E-state index contributed by atoms with van der Waals surface area (Å²) >= 11 is 0. The third-order valence-corrected chi connectivity index (χ3v) is 2.96. The first-order chi connectivity index (χ1) is 10.2. The number of rotatable bonds is 6. The molecule has 2 aromatic rings. The van der Waals surface area contributed by atoms with Gasteiger partial charge in [-0.05, 0) is 42.8 Å². The molecule has 0 aliphatic rings. The van der Waals surface area contributed by atoms with Crippen LogP contribution < -0.4 is 10.1 Å². The van der Waals surface area contributed by atoms with Crippen molar-refractivity contribution in [3.05, 3.63) is 59.9 Å². The highest BCUT2D eigenvalue weighted by molar-refractivity contribution is 6.04. The smallest absolute Gasteiger partial charge is 0.255 e. The van der Waals surface area contributed by atoms with E-state index in [-0.39, 0.29) is 11.7 Å². The zero-order valence-electron chi connectivity index (χ0n) is 11.9. The molecule has 2 rings (SSSR count). The van der Waals surface area contributed by atoms with Crippen LogP contribution >= 0.6 is 0 Å². The van der Waals surface area contributed by atoms with E-state index in [1.165, 1.54) is 24.3 Å². The van der Waals surface area contributed by atoms with Crippen LogP contribution in [0.4, 0.5) is 10.1 Å². The molecule has 0 bridgehead atoms. The van der Waals surface area contributed by atoms with Gasteiger partial charge in [-0.2, -0.15) is 0 Å². The predicted octanol–water partition coefficient (Wildman–Crippen LogP) is 4.26. The lowest BCUT2D eigenvalue weighted by Crippen LogP contribution is -2.11. The summed E-state index contributed by atoms with van der Waals surface area (Å²) in [5.41, 5.74) is 1.06. The lowest BCUT2D eigenvalue weighted by molar-refractivity contribution is 0.102. The van der Waals surface area contributed by atoms with Crippen molar-refractivity contribution in [1.82, 2.24) is 0 Å². The minimum Gasteiger partial charge on any atom is -0.494 e. The van der Waals surface area contributed by atoms with Gasteiger partial charge in [0.2, 0.25) is 0 Å². The van der Waals surface area contributed by atoms with Crippen molar-refractivity contribution in [2.75, 3.05) is 11.9 Å². The number of nitrogens with one attached hydrogen (secondary N) is 1. The molecule has 1 N–H and O–H groups in total. The van der Waals surface area contributed by atoms with Gasteiger partial charge in [0.15, 0.2) is 0 Å². The number of halogens is 1. The monoisotopic (exact) mass is 287 g/mol. The molecule has 110 valence electrons. The molecule has 3 nitrogen and oxygen atoms in total. The Kier molecular flexibility index (Phi) is 5.32. The highest BCUT2D eigenvalue weighted by Crippen LogP contribution is 2.18. The lowest BCUT2D eigenvalue weighted by atomic mass is 10.2. The van der Waals surface area contributed by atoms with E-state index in [0.717, 1.165) is 18.6 Å². The standard InChI is InChI=1S/C17H18FNO2/c1-2-3-11-21-16-6-4-5-15(12-16)19-17(20)13-7-9-14(18)10-8-13/h4-10,12H,2-3,11H2,1H3,(H,19,20). The number of unbranched alkanes of at least 4 members (excludes halogenated alkanes) is 1. The fourth-order valence-corrected chi connectivity index (χ4v) is 1.80. The quantitative estimate of drug-likeness (QED) is 0.806. The van der Waals surface area contributed by atoms with Gasteiger partial charge in [-0.15, -0.1) is 0 Å². The van der Waals surface area contributed by atoms with Gasteiger partial charge >= 0.3 is 0 Å². The van der Waals surface area contributed by atoms with Crippen molar-refractivity contribution in [3.8, 4) is 5.75 Å². The van der Waals surface area contributed by atoms with Crippen molar-refractivity contribution in [3.63, 3.8) is 0 Å². The van der Waals surface area contributed by atoms with Crippen LogP contribution in [0.5, 0.6) is 5.75 Å². The second-order valence-electron chi connectivity index (χ2n) is 4.69. The van der Waals surface area contributed by atoms with E-state index in [2.05, 4.69) is 12.2 Å². The van der Waals surface area contributed by atoms with Gasteiger partial charge in [-0.25, -0.2) is 4.39 Å². The fourth-order valence-electron chi connectivity index (χ4n) is 1.80. The van der Waals surface area contributed by atoms with Gasteiger partial charge in [-0.1, -0.05) is 19.4 Å². The van der Waals surface area contributed by atoms with Gasteiger partial charge in [0.25, 0.3) is 5.91 Å². The number of carbonyl (C=O) groups excluding carboxylic acids is 1. The summed E-state index contributed by atoms with van der Waals surface area (Å²) < 4.78 is 18.4. The number of carbonyl (C=O) groups is 1. The molecule has 0 aliphatic heterocycles. The Morgan fingerprint density at radius 2 is 1.95 bits per heavy atom. The summed E-state index contributed by atoms with van der Waals surface area (Å²) in [7, 11) is 0. The summed E-state index contributed by atoms with van der Waals surface area (Å²) in [6.45, 7) is 2.76. The molecule has 0 aromatic heterocycles. The Hall–Kier alpha value is -2.36. The number of ether oxygens (including phenoxy) is 1. The van der Waals surface area contributed by atoms with Crippen LogP contribution in [-0.4, -0.2) is 12.5 Å². The van der Waals surface area contributed by atoms with Crippen molar-refractivity contribution < 1.29 is 13.9 Å². The average molecular weight is 287 g/mol. The van der Waals surface area contributed by atoms with E-state index in [1.807, 2.05) is 12.1 Å². The SMILES string of the molecule is CCCCOc1cccc(NC(=O)c2ccc(F)cc2)c1. The number of hydrogen-bond acceptors (Lipinski definition) is 2. The summed E-state index contributed by atoms with van der Waals surface area (Å²) in [5.74, 6) is 0.0823. The molecule has 0 atom stereocenters. The second kappa shape index (κ2) is 7.43. The minimum atomic E-state index is -0.363. The van der Waals surface area contributed by atoms with Crippen molar-refractivity contribution >= 4 is 11.6 Å². The Balaban J connectivity index is 2.00. The number of anilines is 1. The molecule has 0 unspecified atom stereocenters. The Bertz CT molecular complexity index is 596. The van der Waals surface area contributed by atoms with E-state index < -0.39 is 0 Å². The zero-order valence-corrected chi connectivity index (χ0v) is 11.9. The molecule has 0 saturated carbocycles. The Morgan fingerprint density at radius 1 is 1.19 bits per heavy atom. The van der Waals surface area contributed by atoms with Gasteiger partial charge in [0.1, 0.15) is 11.6 Å². The van der Waals surface area contributed by atoms with E-state index in [1.54, 1.807) is 12.1 Å². The zero-order chi connectivity index (χ0) is 15.1. The fraction of sp³-hybridized carbons (Fsp3) is 0.235. The van der Waals surface area contributed by atoms with Gasteiger partial charge in [0, 0.05) is 17.3 Å². The van der Waals surface area contributed by atoms with Crippen LogP contribution in [0.15, 0.2) is 48.5 Å². The Labute approximate surface area is 123 Å². The molecule has 21 heavy (non-hydrogen) atoms. The Morgan fingerprint density at radius 3 is 2.67 bits per heavy atom. The molecule has 2 aromatic carbocycles. The molecule has 4 heteroatoms. The minimum absolute atomic E-state index is 0.277. The molecule has 0 heterocycles. The molecular formula is C17H18FNO2. The van der Waals surface area contributed by atoms with Crippen molar-refractivity contribution in [1.29, 1.82) is 0 Å². The predicted molar refractivity (Wildman–Crippen MR) is 81.2 cm³/mol. The van der Waals surface area contributed by atoms with Crippen LogP contribution in [0.3, 0.4) is 0 Å². The maximum absolute atomic E-state index is 12.8. The average Bonchev–Trinajstić information content (AvgIpc) is 2.48. The summed E-state index contributed by atoms with van der Waals surface area (Å²) in [4.78, 5) is 12.0. The van der Waals surface area contributed by atoms with E-state index >= 15 is 0 Å². The van der Waals surface area contributed by atoms with Gasteiger partial charge < -0.3 is 10.1 Å². The van der Waals surface area contributed by atoms with Crippen LogP contribution in [0, 0.1) is 5.82 Å². The molecular weight excluding hydrogens is 269 g/mol. The van der Waals surface area contributed by atoms with E-state index in [9.17, 15) is 9.18 Å². The van der Waals surface area contributed by atoms with Gasteiger partial charge in [-0.3, -0.25) is 4.79 Å². The first-order valence-corrected chi connectivity index (χ1v) is 6.99. The van der Waals surface area contributed by atoms with Crippen molar-refractivity contribution in [2.45, 2.75) is 19.8 Å². The highest BCUT2D eigenvalue weighted by Gasteiger charge is 2.06. The number of benzene rings is 2.